The lowest BCUT2D eigenvalue weighted by atomic mass is 9.97. The number of ether oxygens (including phenoxy) is 2. The molecule has 164 valence electrons. The molecule has 0 aliphatic carbocycles. The fourth-order valence-electron chi connectivity index (χ4n) is 3.51. The lowest BCUT2D eigenvalue weighted by Gasteiger charge is -2.22. The third-order valence-electron chi connectivity index (χ3n) is 4.91. The molecular formula is C21H37IO5S. The SMILES string of the molecule is C=C(I)[C@H](C)C[C@@H](CC[C@@H]1O[C@@H](CCC(C)OC(C)C)CC1=C)OS(C)(=O)=O. The third-order valence-corrected chi connectivity index (χ3v) is 6.60. The minimum absolute atomic E-state index is 0.0323. The molecular weight excluding hydrogens is 491 g/mol. The van der Waals surface area contributed by atoms with Gasteiger partial charge in [0.25, 0.3) is 10.1 Å². The maximum absolute atomic E-state index is 11.6. The zero-order valence-electron chi connectivity index (χ0n) is 17.9. The van der Waals surface area contributed by atoms with Crippen LogP contribution in [0, 0.1) is 5.92 Å². The lowest BCUT2D eigenvalue weighted by Crippen LogP contribution is -2.23. The van der Waals surface area contributed by atoms with Crippen LogP contribution in [0.1, 0.15) is 66.2 Å². The molecule has 1 heterocycles. The van der Waals surface area contributed by atoms with Crippen LogP contribution < -0.4 is 0 Å². The first-order valence-electron chi connectivity index (χ1n) is 10.1. The number of hydrogen-bond acceptors (Lipinski definition) is 5. The van der Waals surface area contributed by atoms with Gasteiger partial charge in [-0.05, 0) is 97.0 Å². The Morgan fingerprint density at radius 1 is 1.25 bits per heavy atom. The lowest BCUT2D eigenvalue weighted by molar-refractivity contribution is -0.00666. The molecule has 0 N–H and O–H groups in total. The van der Waals surface area contributed by atoms with E-state index in [0.29, 0.717) is 19.3 Å². The molecule has 0 aromatic carbocycles. The fourth-order valence-corrected chi connectivity index (χ4v) is 4.43. The van der Waals surface area contributed by atoms with Crippen molar-refractivity contribution in [2.75, 3.05) is 6.26 Å². The van der Waals surface area contributed by atoms with Gasteiger partial charge < -0.3 is 9.47 Å². The molecule has 5 atom stereocenters. The van der Waals surface area contributed by atoms with E-state index < -0.39 is 10.1 Å². The van der Waals surface area contributed by atoms with Crippen molar-refractivity contribution in [3.05, 3.63) is 22.3 Å². The van der Waals surface area contributed by atoms with Gasteiger partial charge in [0, 0.05) is 0 Å². The first-order chi connectivity index (χ1) is 12.9. The van der Waals surface area contributed by atoms with E-state index >= 15 is 0 Å². The van der Waals surface area contributed by atoms with E-state index in [9.17, 15) is 8.42 Å². The standard InChI is InChI=1S/C21H37IO5S/c1-14(2)25-17(5)8-9-19-13-16(4)21(26-19)11-10-20(27-28(7,23)24)12-15(3)18(6)22/h14-15,17,19-21H,4,6,8-13H2,1-3,5,7H3/t15-,17?,19+,20-,21+/m1/s1. The van der Waals surface area contributed by atoms with Gasteiger partial charge in [0.05, 0.1) is 36.8 Å². The van der Waals surface area contributed by atoms with Crippen LogP contribution in [0.2, 0.25) is 0 Å². The van der Waals surface area contributed by atoms with Crippen LogP contribution >= 0.6 is 22.6 Å². The van der Waals surface area contributed by atoms with Crippen molar-refractivity contribution >= 4 is 32.7 Å². The molecule has 5 nitrogen and oxygen atoms in total. The topological polar surface area (TPSA) is 61.8 Å². The Hall–Kier alpha value is 0.0400. The zero-order valence-corrected chi connectivity index (χ0v) is 20.9. The summed E-state index contributed by atoms with van der Waals surface area (Å²) in [6, 6.07) is 0. The Morgan fingerprint density at radius 2 is 1.89 bits per heavy atom. The molecule has 1 rings (SSSR count). The average molecular weight is 528 g/mol. The van der Waals surface area contributed by atoms with E-state index in [-0.39, 0.29) is 36.4 Å². The van der Waals surface area contributed by atoms with Crippen LogP contribution in [0.5, 0.6) is 0 Å². The number of halogens is 1. The van der Waals surface area contributed by atoms with Gasteiger partial charge in [-0.25, -0.2) is 0 Å². The van der Waals surface area contributed by atoms with Gasteiger partial charge in [-0.15, -0.1) is 0 Å². The second-order valence-electron chi connectivity index (χ2n) is 8.27. The summed E-state index contributed by atoms with van der Waals surface area (Å²) in [5, 5.41) is 0. The minimum Gasteiger partial charge on any atom is -0.376 e. The van der Waals surface area contributed by atoms with Crippen molar-refractivity contribution in [1.82, 2.24) is 0 Å². The Morgan fingerprint density at radius 3 is 2.43 bits per heavy atom. The normalized spacial score (nSPS) is 23.8. The molecule has 0 bridgehead atoms. The van der Waals surface area contributed by atoms with Crippen LogP contribution in [-0.4, -0.2) is 45.2 Å². The van der Waals surface area contributed by atoms with Crippen molar-refractivity contribution in [1.29, 1.82) is 0 Å². The van der Waals surface area contributed by atoms with Gasteiger partial charge in [-0.3, -0.25) is 4.18 Å². The summed E-state index contributed by atoms with van der Waals surface area (Å²) >= 11 is 2.18. The summed E-state index contributed by atoms with van der Waals surface area (Å²) in [6.45, 7) is 16.3. The second-order valence-corrected chi connectivity index (χ2v) is 11.3. The highest BCUT2D eigenvalue weighted by Gasteiger charge is 2.30. The van der Waals surface area contributed by atoms with Crippen molar-refractivity contribution in [2.24, 2.45) is 5.92 Å². The van der Waals surface area contributed by atoms with Crippen molar-refractivity contribution < 1.29 is 22.1 Å². The van der Waals surface area contributed by atoms with Gasteiger partial charge in [0.1, 0.15) is 0 Å². The van der Waals surface area contributed by atoms with Gasteiger partial charge in [0.15, 0.2) is 0 Å². The van der Waals surface area contributed by atoms with Gasteiger partial charge >= 0.3 is 0 Å². The monoisotopic (exact) mass is 528 g/mol. The summed E-state index contributed by atoms with van der Waals surface area (Å²) in [5.74, 6) is 0.190. The molecule has 7 heteroatoms. The number of rotatable bonds is 13. The van der Waals surface area contributed by atoms with E-state index in [2.05, 4.69) is 42.7 Å². The van der Waals surface area contributed by atoms with Crippen LogP contribution in [0.3, 0.4) is 0 Å². The molecule has 1 fully saturated rings. The highest BCUT2D eigenvalue weighted by molar-refractivity contribution is 14.1. The number of allylic oxidation sites excluding steroid dienone is 1. The van der Waals surface area contributed by atoms with Crippen LogP contribution in [0.4, 0.5) is 0 Å². The van der Waals surface area contributed by atoms with Crippen LogP contribution in [0.15, 0.2) is 22.3 Å². The van der Waals surface area contributed by atoms with Gasteiger partial charge in [0.2, 0.25) is 0 Å². The van der Waals surface area contributed by atoms with Gasteiger partial charge in [-0.1, -0.05) is 20.1 Å². The minimum atomic E-state index is -3.50. The van der Waals surface area contributed by atoms with Crippen molar-refractivity contribution in [3.8, 4) is 0 Å². The largest absolute Gasteiger partial charge is 0.376 e. The third kappa shape index (κ3) is 10.7. The maximum atomic E-state index is 11.6. The molecule has 1 aliphatic heterocycles. The molecule has 0 aromatic heterocycles. The van der Waals surface area contributed by atoms with E-state index in [0.717, 1.165) is 34.7 Å². The van der Waals surface area contributed by atoms with Crippen LogP contribution in [-0.2, 0) is 23.8 Å². The summed E-state index contributed by atoms with van der Waals surface area (Å²) in [5.41, 5.74) is 1.09. The molecule has 0 amide bonds. The summed E-state index contributed by atoms with van der Waals surface area (Å²) < 4.78 is 41.5. The van der Waals surface area contributed by atoms with E-state index in [1.54, 1.807) is 0 Å². The summed E-state index contributed by atoms with van der Waals surface area (Å²) in [4.78, 5) is 0. The highest BCUT2D eigenvalue weighted by Crippen LogP contribution is 2.32. The number of hydrogen-bond donors (Lipinski definition) is 0. The Bertz CT molecular complexity index is 616. The first kappa shape index (κ1) is 26.1. The molecule has 1 unspecified atom stereocenters. The van der Waals surface area contributed by atoms with E-state index in [1.165, 1.54) is 0 Å². The molecule has 0 radical (unpaired) electrons. The van der Waals surface area contributed by atoms with Crippen molar-refractivity contribution in [2.45, 2.75) is 96.7 Å². The molecule has 0 spiro atoms. The van der Waals surface area contributed by atoms with E-state index in [1.807, 2.05) is 20.8 Å². The van der Waals surface area contributed by atoms with Gasteiger partial charge in [-0.2, -0.15) is 8.42 Å². The molecule has 0 aromatic rings. The van der Waals surface area contributed by atoms with Crippen LogP contribution in [0.25, 0.3) is 0 Å². The molecule has 0 saturated carbocycles. The summed E-state index contributed by atoms with van der Waals surface area (Å²) in [7, 11) is -3.50. The molecule has 28 heavy (non-hydrogen) atoms. The van der Waals surface area contributed by atoms with Crippen molar-refractivity contribution in [3.63, 3.8) is 0 Å². The highest BCUT2D eigenvalue weighted by atomic mass is 127. The predicted molar refractivity (Wildman–Crippen MR) is 123 cm³/mol. The molecule has 1 aliphatic rings. The first-order valence-corrected chi connectivity index (χ1v) is 13.0. The Labute approximate surface area is 185 Å². The quantitative estimate of drug-likeness (QED) is 0.182. The Balaban J connectivity index is 2.53. The fraction of sp³-hybridized carbons (Fsp3) is 0.810. The van der Waals surface area contributed by atoms with E-state index in [4.69, 9.17) is 13.7 Å². The average Bonchev–Trinajstić information content (AvgIpc) is 2.88. The second kappa shape index (κ2) is 12.0. The zero-order chi connectivity index (χ0) is 21.5. The smallest absolute Gasteiger partial charge is 0.264 e. The maximum Gasteiger partial charge on any atom is 0.264 e. The molecule has 1 saturated heterocycles. The predicted octanol–water partition coefficient (Wildman–Crippen LogP) is 5.39. The summed E-state index contributed by atoms with van der Waals surface area (Å²) in [6.07, 6.45) is 6.03. The Kier molecular flexibility index (Phi) is 11.2.